The molecule has 3 nitrogen and oxygen atoms in total. The van der Waals surface area contributed by atoms with E-state index in [1.807, 2.05) is 6.92 Å². The van der Waals surface area contributed by atoms with Gasteiger partial charge < -0.3 is 15.2 Å². The average Bonchev–Trinajstić information content (AvgIpc) is 2.33. The monoisotopic (exact) mass is 277 g/mol. The molecule has 0 bridgehead atoms. The van der Waals surface area contributed by atoms with Crippen LogP contribution in [-0.2, 0) is 16.9 Å². The summed E-state index contributed by atoms with van der Waals surface area (Å²) in [6, 6.07) is 3.96. The highest BCUT2D eigenvalue weighted by Gasteiger charge is 2.45. The van der Waals surface area contributed by atoms with Gasteiger partial charge in [-0.3, -0.25) is 0 Å². The molecular weight excluding hydrogens is 250 g/mol. The third-order valence-electron chi connectivity index (χ3n) is 4.31. The summed E-state index contributed by atoms with van der Waals surface area (Å²) in [4.78, 5) is 0. The Morgan fingerprint density at radius 3 is 2.30 bits per heavy atom. The first-order valence-electron chi connectivity index (χ1n) is 7.44. The van der Waals surface area contributed by atoms with Gasteiger partial charge in [-0.05, 0) is 57.7 Å². The molecule has 2 unspecified atom stereocenters. The van der Waals surface area contributed by atoms with Crippen molar-refractivity contribution in [1.82, 2.24) is 5.32 Å². The Bertz CT molecular complexity index is 487. The molecule has 112 valence electrons. The van der Waals surface area contributed by atoms with Gasteiger partial charge in [-0.15, -0.1) is 0 Å². The summed E-state index contributed by atoms with van der Waals surface area (Å²) >= 11 is 0. The van der Waals surface area contributed by atoms with E-state index in [2.05, 4.69) is 52.1 Å². The van der Waals surface area contributed by atoms with E-state index in [-0.39, 0.29) is 11.6 Å². The molecule has 0 saturated carbocycles. The van der Waals surface area contributed by atoms with Crippen molar-refractivity contribution in [3.8, 4) is 0 Å². The normalized spacial score (nSPS) is 29.4. The molecule has 1 aromatic carbocycles. The number of rotatable bonds is 2. The van der Waals surface area contributed by atoms with E-state index < -0.39 is 5.79 Å². The maximum absolute atomic E-state index is 11.0. The van der Waals surface area contributed by atoms with Crippen LogP contribution in [0.15, 0.2) is 12.1 Å². The summed E-state index contributed by atoms with van der Waals surface area (Å²) in [5.41, 5.74) is 4.53. The number of aryl methyl sites for hydroxylation is 2. The highest BCUT2D eigenvalue weighted by atomic mass is 16.6. The minimum absolute atomic E-state index is 0.112. The third-order valence-corrected chi connectivity index (χ3v) is 4.31. The van der Waals surface area contributed by atoms with Crippen LogP contribution >= 0.6 is 0 Å². The fourth-order valence-corrected chi connectivity index (χ4v) is 3.23. The SMILES string of the molecule is CCc1c(C)cc(C2(O)OCC(C)(C)NC2C)cc1C. The second kappa shape index (κ2) is 5.14. The van der Waals surface area contributed by atoms with Gasteiger partial charge in [-0.1, -0.05) is 19.1 Å². The Labute approximate surface area is 122 Å². The summed E-state index contributed by atoms with van der Waals surface area (Å²) in [5.74, 6) is -1.25. The Kier molecular flexibility index (Phi) is 3.98. The standard InChI is InChI=1S/C17H27NO2/c1-7-15-11(2)8-14(9-12(15)3)17(19)13(4)18-16(5,6)10-20-17/h8-9,13,18-19H,7,10H2,1-6H3. The summed E-state index contributed by atoms with van der Waals surface area (Å²) in [6.07, 6.45) is 1.01. The molecule has 0 spiro atoms. The topological polar surface area (TPSA) is 41.5 Å². The van der Waals surface area contributed by atoms with Crippen molar-refractivity contribution in [1.29, 1.82) is 0 Å². The van der Waals surface area contributed by atoms with E-state index in [1.165, 1.54) is 16.7 Å². The van der Waals surface area contributed by atoms with Crippen molar-refractivity contribution in [2.24, 2.45) is 0 Å². The zero-order chi connectivity index (χ0) is 15.1. The lowest BCUT2D eigenvalue weighted by molar-refractivity contribution is -0.263. The molecule has 0 radical (unpaired) electrons. The maximum Gasteiger partial charge on any atom is 0.208 e. The van der Waals surface area contributed by atoms with Crippen LogP contribution in [0.2, 0.25) is 0 Å². The molecule has 0 amide bonds. The zero-order valence-corrected chi connectivity index (χ0v) is 13.5. The predicted octanol–water partition coefficient (Wildman–Crippen LogP) is 2.80. The smallest absolute Gasteiger partial charge is 0.208 e. The van der Waals surface area contributed by atoms with Crippen molar-refractivity contribution in [2.75, 3.05) is 6.61 Å². The van der Waals surface area contributed by atoms with Crippen LogP contribution in [0.5, 0.6) is 0 Å². The van der Waals surface area contributed by atoms with E-state index in [0.29, 0.717) is 6.61 Å². The molecule has 1 aliphatic heterocycles. The van der Waals surface area contributed by atoms with E-state index in [0.717, 1.165) is 12.0 Å². The lowest BCUT2D eigenvalue weighted by Gasteiger charge is -2.46. The van der Waals surface area contributed by atoms with Gasteiger partial charge in [0.25, 0.3) is 0 Å². The molecule has 2 atom stereocenters. The molecule has 1 aliphatic rings. The lowest BCUT2D eigenvalue weighted by atomic mass is 9.88. The molecule has 1 saturated heterocycles. The summed E-state index contributed by atoms with van der Waals surface area (Å²) < 4.78 is 5.86. The quantitative estimate of drug-likeness (QED) is 0.873. The minimum atomic E-state index is -1.25. The molecular formula is C17H27NO2. The second-order valence-electron chi connectivity index (χ2n) is 6.68. The number of aliphatic hydroxyl groups is 1. The van der Waals surface area contributed by atoms with Crippen LogP contribution in [-0.4, -0.2) is 23.3 Å². The molecule has 1 fully saturated rings. The van der Waals surface area contributed by atoms with Gasteiger partial charge in [-0.2, -0.15) is 0 Å². The van der Waals surface area contributed by atoms with Crippen molar-refractivity contribution < 1.29 is 9.84 Å². The van der Waals surface area contributed by atoms with Crippen LogP contribution in [0.3, 0.4) is 0 Å². The number of hydrogen-bond acceptors (Lipinski definition) is 3. The molecule has 2 N–H and O–H groups in total. The number of benzene rings is 1. The molecule has 1 heterocycles. The second-order valence-corrected chi connectivity index (χ2v) is 6.68. The summed E-state index contributed by atoms with van der Waals surface area (Å²) in [6.45, 7) is 13.0. The number of hydrogen-bond donors (Lipinski definition) is 2. The Hall–Kier alpha value is -0.900. The number of nitrogens with one attached hydrogen (secondary N) is 1. The van der Waals surface area contributed by atoms with Gasteiger partial charge in [-0.25, -0.2) is 0 Å². The van der Waals surface area contributed by atoms with E-state index in [4.69, 9.17) is 4.74 Å². The summed E-state index contributed by atoms with van der Waals surface area (Å²) in [7, 11) is 0. The first-order valence-corrected chi connectivity index (χ1v) is 7.44. The van der Waals surface area contributed by atoms with Crippen LogP contribution in [0, 0.1) is 13.8 Å². The molecule has 20 heavy (non-hydrogen) atoms. The number of ether oxygens (including phenoxy) is 1. The molecule has 2 rings (SSSR count). The zero-order valence-electron chi connectivity index (χ0n) is 13.5. The van der Waals surface area contributed by atoms with Gasteiger partial charge in [0.2, 0.25) is 5.79 Å². The molecule has 1 aromatic rings. The fourth-order valence-electron chi connectivity index (χ4n) is 3.23. The summed E-state index contributed by atoms with van der Waals surface area (Å²) in [5, 5.41) is 14.4. The molecule has 0 aliphatic carbocycles. The maximum atomic E-state index is 11.0. The molecule has 3 heteroatoms. The average molecular weight is 277 g/mol. The van der Waals surface area contributed by atoms with Crippen LogP contribution in [0.1, 0.15) is 49.9 Å². The molecule has 0 aromatic heterocycles. The van der Waals surface area contributed by atoms with Crippen molar-refractivity contribution in [3.63, 3.8) is 0 Å². The fraction of sp³-hybridized carbons (Fsp3) is 0.647. The van der Waals surface area contributed by atoms with Crippen LogP contribution in [0.4, 0.5) is 0 Å². The first kappa shape index (κ1) is 15.5. The van der Waals surface area contributed by atoms with Crippen LogP contribution in [0.25, 0.3) is 0 Å². The third kappa shape index (κ3) is 2.62. The highest BCUT2D eigenvalue weighted by Crippen LogP contribution is 2.34. The Morgan fingerprint density at radius 1 is 1.30 bits per heavy atom. The van der Waals surface area contributed by atoms with Crippen molar-refractivity contribution in [2.45, 2.75) is 65.3 Å². The van der Waals surface area contributed by atoms with Crippen LogP contribution < -0.4 is 5.32 Å². The Balaban J connectivity index is 2.40. The van der Waals surface area contributed by atoms with Gasteiger partial charge in [0.05, 0.1) is 12.6 Å². The van der Waals surface area contributed by atoms with E-state index in [1.54, 1.807) is 0 Å². The van der Waals surface area contributed by atoms with Gasteiger partial charge in [0, 0.05) is 11.1 Å². The Morgan fingerprint density at radius 2 is 1.85 bits per heavy atom. The minimum Gasteiger partial charge on any atom is -0.361 e. The first-order chi connectivity index (χ1) is 9.19. The van der Waals surface area contributed by atoms with E-state index in [9.17, 15) is 5.11 Å². The highest BCUT2D eigenvalue weighted by molar-refractivity contribution is 5.40. The largest absolute Gasteiger partial charge is 0.361 e. The van der Waals surface area contributed by atoms with Gasteiger partial charge in [0.15, 0.2) is 0 Å². The lowest BCUT2D eigenvalue weighted by Crippen LogP contribution is -2.63. The number of morpholine rings is 1. The van der Waals surface area contributed by atoms with Crippen molar-refractivity contribution >= 4 is 0 Å². The predicted molar refractivity (Wildman–Crippen MR) is 81.8 cm³/mol. The van der Waals surface area contributed by atoms with E-state index >= 15 is 0 Å². The van der Waals surface area contributed by atoms with Gasteiger partial charge in [0.1, 0.15) is 0 Å². The van der Waals surface area contributed by atoms with Crippen molar-refractivity contribution in [3.05, 3.63) is 34.4 Å². The van der Waals surface area contributed by atoms with Gasteiger partial charge >= 0.3 is 0 Å².